The Hall–Kier alpha value is -1.58. The summed E-state index contributed by atoms with van der Waals surface area (Å²) < 4.78 is 1.69. The van der Waals surface area contributed by atoms with Crippen LogP contribution in [0.1, 0.15) is 11.3 Å². The molecule has 0 unspecified atom stereocenters. The predicted molar refractivity (Wildman–Crippen MR) is 46.9 cm³/mol. The van der Waals surface area contributed by atoms with E-state index in [0.717, 1.165) is 16.9 Å². The van der Waals surface area contributed by atoms with E-state index in [1.807, 2.05) is 20.0 Å². The van der Waals surface area contributed by atoms with E-state index >= 15 is 0 Å². The van der Waals surface area contributed by atoms with Crippen molar-refractivity contribution in [3.8, 4) is 0 Å². The Bertz CT molecular complexity index is 391. The molecule has 0 saturated carbocycles. The number of nitrogen functional groups attached to an aromatic ring is 1. The first-order valence-electron chi connectivity index (χ1n) is 3.76. The van der Waals surface area contributed by atoms with Crippen molar-refractivity contribution >= 4 is 11.5 Å². The first kappa shape index (κ1) is 7.09. The zero-order valence-corrected chi connectivity index (χ0v) is 7.07. The summed E-state index contributed by atoms with van der Waals surface area (Å²) in [4.78, 5) is 4.32. The van der Waals surface area contributed by atoms with Gasteiger partial charge in [0.15, 0.2) is 5.65 Å². The Kier molecular flexibility index (Phi) is 1.30. The van der Waals surface area contributed by atoms with Crippen molar-refractivity contribution in [3.05, 3.63) is 23.5 Å². The van der Waals surface area contributed by atoms with E-state index in [1.54, 1.807) is 10.6 Å². The van der Waals surface area contributed by atoms with Gasteiger partial charge in [-0.05, 0) is 19.4 Å². The summed E-state index contributed by atoms with van der Waals surface area (Å²) in [6.07, 6.45) is 1.92. The normalized spacial score (nSPS) is 10.8. The van der Waals surface area contributed by atoms with Crippen LogP contribution >= 0.6 is 0 Å². The topological polar surface area (TPSA) is 56.2 Å². The van der Waals surface area contributed by atoms with Crippen molar-refractivity contribution in [1.29, 1.82) is 0 Å². The van der Waals surface area contributed by atoms with Crippen LogP contribution in [0.15, 0.2) is 12.3 Å². The van der Waals surface area contributed by atoms with Gasteiger partial charge in [0.1, 0.15) is 5.82 Å². The minimum Gasteiger partial charge on any atom is -0.382 e. The summed E-state index contributed by atoms with van der Waals surface area (Å²) in [6.45, 7) is 3.97. The number of hydrogen-bond donors (Lipinski definition) is 1. The molecule has 2 N–H and O–H groups in total. The highest BCUT2D eigenvalue weighted by molar-refractivity contribution is 5.48. The lowest BCUT2D eigenvalue weighted by Gasteiger charge is -1.98. The maximum atomic E-state index is 5.52. The molecule has 0 aromatic carbocycles. The lowest BCUT2D eigenvalue weighted by molar-refractivity contribution is 0.920. The van der Waals surface area contributed by atoms with Gasteiger partial charge in [0, 0.05) is 18.0 Å². The van der Waals surface area contributed by atoms with Crippen LogP contribution in [0.4, 0.5) is 5.82 Å². The van der Waals surface area contributed by atoms with Crippen LogP contribution in [0.2, 0.25) is 0 Å². The maximum absolute atomic E-state index is 5.52. The van der Waals surface area contributed by atoms with Crippen molar-refractivity contribution in [2.75, 3.05) is 5.73 Å². The third-order valence-electron chi connectivity index (χ3n) is 1.90. The Morgan fingerprint density at radius 3 is 2.92 bits per heavy atom. The highest BCUT2D eigenvalue weighted by atomic mass is 15.3. The fraction of sp³-hybridized carbons (Fsp3) is 0.250. The number of fused-ring (bicyclic) bond motifs is 1. The molecule has 2 heterocycles. The molecule has 12 heavy (non-hydrogen) atoms. The lowest BCUT2D eigenvalue weighted by Crippen LogP contribution is -1.95. The number of hydrogen-bond acceptors (Lipinski definition) is 3. The number of aromatic nitrogens is 3. The minimum absolute atomic E-state index is 0.507. The van der Waals surface area contributed by atoms with E-state index in [1.165, 1.54) is 0 Å². The molecule has 2 aromatic rings. The van der Waals surface area contributed by atoms with Gasteiger partial charge in [-0.15, -0.1) is 5.10 Å². The fourth-order valence-electron chi connectivity index (χ4n) is 1.12. The molecule has 0 radical (unpaired) electrons. The zero-order chi connectivity index (χ0) is 8.72. The van der Waals surface area contributed by atoms with E-state index in [9.17, 15) is 0 Å². The molecular weight excluding hydrogens is 152 g/mol. The molecule has 0 fully saturated rings. The highest BCUT2D eigenvalue weighted by Crippen LogP contribution is 2.08. The second kappa shape index (κ2) is 2.20. The average Bonchev–Trinajstić information content (AvgIpc) is 2.30. The zero-order valence-electron chi connectivity index (χ0n) is 7.07. The van der Waals surface area contributed by atoms with Crippen LogP contribution in [0.5, 0.6) is 0 Å². The molecule has 0 aliphatic carbocycles. The van der Waals surface area contributed by atoms with Crippen LogP contribution in [-0.2, 0) is 0 Å². The van der Waals surface area contributed by atoms with Gasteiger partial charge in [-0.1, -0.05) is 0 Å². The summed E-state index contributed by atoms with van der Waals surface area (Å²) in [5, 5.41) is 4.05. The molecule has 2 aromatic heterocycles. The summed E-state index contributed by atoms with van der Waals surface area (Å²) in [5.41, 5.74) is 8.45. The van der Waals surface area contributed by atoms with Crippen LogP contribution in [0.25, 0.3) is 5.65 Å². The smallest absolute Gasteiger partial charge is 0.157 e. The fourth-order valence-corrected chi connectivity index (χ4v) is 1.12. The SMILES string of the molecule is Cc1cn2nc(N)cc2nc1C. The number of rotatable bonds is 0. The first-order chi connectivity index (χ1) is 5.66. The van der Waals surface area contributed by atoms with Gasteiger partial charge < -0.3 is 5.73 Å². The van der Waals surface area contributed by atoms with Crippen molar-refractivity contribution in [1.82, 2.24) is 14.6 Å². The molecule has 2 rings (SSSR count). The summed E-state index contributed by atoms with van der Waals surface area (Å²) in [5.74, 6) is 0.507. The van der Waals surface area contributed by atoms with E-state index in [4.69, 9.17) is 5.73 Å². The predicted octanol–water partition coefficient (Wildman–Crippen LogP) is 0.928. The molecule has 0 atom stereocenters. The van der Waals surface area contributed by atoms with Crippen molar-refractivity contribution in [2.24, 2.45) is 0 Å². The van der Waals surface area contributed by atoms with Crippen LogP contribution < -0.4 is 5.73 Å². The standard InChI is InChI=1S/C8H10N4/c1-5-4-12-8(10-6(5)2)3-7(9)11-12/h3-4H,1-2H3,(H2,9,11). The Morgan fingerprint density at radius 1 is 1.42 bits per heavy atom. The van der Waals surface area contributed by atoms with Gasteiger partial charge in [-0.3, -0.25) is 0 Å². The molecule has 0 amide bonds. The van der Waals surface area contributed by atoms with Crippen molar-refractivity contribution < 1.29 is 0 Å². The molecule has 0 saturated heterocycles. The first-order valence-corrected chi connectivity index (χ1v) is 3.76. The highest BCUT2D eigenvalue weighted by Gasteiger charge is 2.01. The number of anilines is 1. The molecular formula is C8H10N4. The number of nitrogens with zero attached hydrogens (tertiary/aromatic N) is 3. The quantitative estimate of drug-likeness (QED) is 0.627. The summed E-state index contributed by atoms with van der Waals surface area (Å²) >= 11 is 0. The van der Waals surface area contributed by atoms with Gasteiger partial charge in [-0.2, -0.15) is 0 Å². The lowest BCUT2D eigenvalue weighted by atomic mass is 10.3. The minimum atomic E-state index is 0.507. The van der Waals surface area contributed by atoms with E-state index in [0.29, 0.717) is 5.82 Å². The van der Waals surface area contributed by atoms with Crippen molar-refractivity contribution in [2.45, 2.75) is 13.8 Å². The molecule has 0 aliphatic rings. The van der Waals surface area contributed by atoms with Crippen LogP contribution in [0, 0.1) is 13.8 Å². The van der Waals surface area contributed by atoms with Crippen LogP contribution in [-0.4, -0.2) is 14.6 Å². The van der Waals surface area contributed by atoms with Crippen LogP contribution in [0.3, 0.4) is 0 Å². The Morgan fingerprint density at radius 2 is 2.17 bits per heavy atom. The van der Waals surface area contributed by atoms with Gasteiger partial charge >= 0.3 is 0 Å². The maximum Gasteiger partial charge on any atom is 0.157 e. The van der Waals surface area contributed by atoms with Gasteiger partial charge in [0.2, 0.25) is 0 Å². The van der Waals surface area contributed by atoms with Gasteiger partial charge in [0.25, 0.3) is 0 Å². The van der Waals surface area contributed by atoms with Crippen molar-refractivity contribution in [3.63, 3.8) is 0 Å². The second-order valence-corrected chi connectivity index (χ2v) is 2.88. The van der Waals surface area contributed by atoms with E-state index < -0.39 is 0 Å². The summed E-state index contributed by atoms with van der Waals surface area (Å²) in [6, 6.07) is 1.76. The van der Waals surface area contributed by atoms with Gasteiger partial charge in [-0.25, -0.2) is 9.50 Å². The number of nitrogens with two attached hydrogens (primary N) is 1. The third-order valence-corrected chi connectivity index (χ3v) is 1.90. The molecule has 0 bridgehead atoms. The molecule has 62 valence electrons. The molecule has 4 nitrogen and oxygen atoms in total. The summed E-state index contributed by atoms with van der Waals surface area (Å²) in [7, 11) is 0. The van der Waals surface area contributed by atoms with Gasteiger partial charge in [0.05, 0.1) is 0 Å². The molecule has 4 heteroatoms. The van der Waals surface area contributed by atoms with E-state index in [-0.39, 0.29) is 0 Å². The Labute approximate surface area is 70.0 Å². The molecule has 0 aliphatic heterocycles. The Balaban J connectivity index is 2.83. The average molecular weight is 162 g/mol. The monoisotopic (exact) mass is 162 g/mol. The number of aryl methyl sites for hydroxylation is 2. The van der Waals surface area contributed by atoms with E-state index in [2.05, 4.69) is 10.1 Å². The second-order valence-electron chi connectivity index (χ2n) is 2.88. The largest absolute Gasteiger partial charge is 0.382 e. The third kappa shape index (κ3) is 0.922. The molecule has 0 spiro atoms.